The van der Waals surface area contributed by atoms with Gasteiger partial charge in [-0.3, -0.25) is 4.79 Å². The third kappa shape index (κ3) is 4.39. The van der Waals surface area contributed by atoms with Crippen LogP contribution in [0.15, 0.2) is 75.9 Å². The molecule has 0 aliphatic rings. The fourth-order valence-corrected chi connectivity index (χ4v) is 3.64. The maximum Gasteiger partial charge on any atom is 0.343 e. The molecule has 1 aromatic heterocycles. The average molecular weight is 459 g/mol. The lowest BCUT2D eigenvalue weighted by molar-refractivity contribution is 0.0731. The molecule has 0 saturated heterocycles. The van der Waals surface area contributed by atoms with E-state index in [2.05, 4.69) is 20.8 Å². The van der Waals surface area contributed by atoms with Crippen LogP contribution in [0.4, 0.5) is 0 Å². The Balaban J connectivity index is 1.82. The largest absolute Gasteiger partial charge is 0.493 e. The molecular formula is C28H26O6. The van der Waals surface area contributed by atoms with Crippen molar-refractivity contribution in [2.45, 2.75) is 26.2 Å². The molecule has 0 spiro atoms. The summed E-state index contributed by atoms with van der Waals surface area (Å²) in [5.41, 5.74) is 1.81. The summed E-state index contributed by atoms with van der Waals surface area (Å²) in [5.74, 6) is 0.266. The van der Waals surface area contributed by atoms with Crippen molar-refractivity contribution in [3.05, 3.63) is 88.1 Å². The maximum atomic E-state index is 13.4. The molecule has 4 rings (SSSR count). The number of ether oxygens (including phenoxy) is 3. The molecule has 0 unspecified atom stereocenters. The molecule has 0 N–H and O–H groups in total. The number of rotatable bonds is 5. The van der Waals surface area contributed by atoms with E-state index in [9.17, 15) is 9.59 Å². The zero-order valence-corrected chi connectivity index (χ0v) is 19.8. The van der Waals surface area contributed by atoms with Crippen LogP contribution in [0.25, 0.3) is 22.3 Å². The summed E-state index contributed by atoms with van der Waals surface area (Å²) in [5, 5.41) is 0.317. The van der Waals surface area contributed by atoms with Crippen molar-refractivity contribution in [2.24, 2.45) is 0 Å². The van der Waals surface area contributed by atoms with Crippen LogP contribution in [0.2, 0.25) is 0 Å². The highest BCUT2D eigenvalue weighted by Gasteiger charge is 2.23. The van der Waals surface area contributed by atoms with E-state index in [0.717, 1.165) is 5.56 Å². The van der Waals surface area contributed by atoms with Crippen LogP contribution in [-0.2, 0) is 5.41 Å². The summed E-state index contributed by atoms with van der Waals surface area (Å²) in [7, 11) is 3.05. The average Bonchev–Trinajstić information content (AvgIpc) is 2.84. The van der Waals surface area contributed by atoms with Crippen LogP contribution in [0.1, 0.15) is 36.7 Å². The second-order valence-electron chi connectivity index (χ2n) is 8.87. The van der Waals surface area contributed by atoms with Gasteiger partial charge in [0.2, 0.25) is 11.2 Å². The van der Waals surface area contributed by atoms with Crippen molar-refractivity contribution in [1.29, 1.82) is 0 Å². The van der Waals surface area contributed by atoms with Gasteiger partial charge in [-0.05, 0) is 53.4 Å². The predicted octanol–water partition coefficient (Wildman–Crippen LogP) is 5.99. The van der Waals surface area contributed by atoms with E-state index >= 15 is 0 Å². The number of esters is 1. The molecule has 0 aliphatic carbocycles. The topological polar surface area (TPSA) is 75.0 Å². The highest BCUT2D eigenvalue weighted by molar-refractivity contribution is 5.93. The van der Waals surface area contributed by atoms with Gasteiger partial charge < -0.3 is 18.6 Å². The van der Waals surface area contributed by atoms with Crippen LogP contribution >= 0.6 is 0 Å². The molecule has 0 saturated carbocycles. The summed E-state index contributed by atoms with van der Waals surface area (Å²) in [6, 6.07) is 19.1. The first kappa shape index (κ1) is 23.1. The van der Waals surface area contributed by atoms with Gasteiger partial charge in [0.05, 0.1) is 25.2 Å². The Morgan fingerprint density at radius 3 is 2.18 bits per heavy atom. The van der Waals surface area contributed by atoms with E-state index in [1.807, 2.05) is 12.1 Å². The van der Waals surface area contributed by atoms with Crippen LogP contribution in [-0.4, -0.2) is 20.2 Å². The molecule has 0 atom stereocenters. The molecule has 0 radical (unpaired) electrons. The van der Waals surface area contributed by atoms with Crippen LogP contribution < -0.4 is 19.6 Å². The van der Waals surface area contributed by atoms with E-state index in [0.29, 0.717) is 33.6 Å². The zero-order chi connectivity index (χ0) is 24.5. The molecule has 6 nitrogen and oxygen atoms in total. The fourth-order valence-electron chi connectivity index (χ4n) is 3.64. The third-order valence-electron chi connectivity index (χ3n) is 5.58. The van der Waals surface area contributed by atoms with Crippen molar-refractivity contribution in [3.63, 3.8) is 0 Å². The number of carbonyl (C=O) groups excluding carboxylic acids is 1. The number of hydrogen-bond acceptors (Lipinski definition) is 6. The summed E-state index contributed by atoms with van der Waals surface area (Å²) >= 11 is 0. The minimum Gasteiger partial charge on any atom is -0.493 e. The Morgan fingerprint density at radius 2 is 1.53 bits per heavy atom. The van der Waals surface area contributed by atoms with Crippen molar-refractivity contribution in [2.75, 3.05) is 14.2 Å². The van der Waals surface area contributed by atoms with Crippen molar-refractivity contribution < 1.29 is 23.4 Å². The standard InChI is InChI=1S/C28H26O6/c1-28(2,3)19-13-10-17(11-14-19)27(30)34-26-24(29)20-8-6-7-9-21(20)33-25(26)18-12-15-22(31-4)23(16-18)32-5/h6-16H,1-5H3. The third-order valence-corrected chi connectivity index (χ3v) is 5.58. The van der Waals surface area contributed by atoms with Crippen LogP contribution in [0.5, 0.6) is 17.2 Å². The van der Waals surface area contributed by atoms with Crippen molar-refractivity contribution in [3.8, 4) is 28.6 Å². The number of methoxy groups -OCH3 is 2. The quantitative estimate of drug-likeness (QED) is 0.342. The van der Waals surface area contributed by atoms with Crippen molar-refractivity contribution >= 4 is 16.9 Å². The molecule has 1 heterocycles. The molecule has 6 heteroatoms. The number of benzene rings is 3. The van der Waals surface area contributed by atoms with Gasteiger partial charge in [0.25, 0.3) is 0 Å². The van der Waals surface area contributed by atoms with Crippen LogP contribution in [0.3, 0.4) is 0 Å². The Kier molecular flexibility index (Phi) is 6.16. The Labute approximate surface area is 197 Å². The minimum absolute atomic E-state index is 0.0531. The van der Waals surface area contributed by atoms with Gasteiger partial charge >= 0.3 is 5.97 Å². The normalized spacial score (nSPS) is 11.3. The van der Waals surface area contributed by atoms with Gasteiger partial charge in [-0.2, -0.15) is 0 Å². The van der Waals surface area contributed by atoms with Gasteiger partial charge in [-0.15, -0.1) is 0 Å². The van der Waals surface area contributed by atoms with Gasteiger partial charge in [0.15, 0.2) is 17.3 Å². The van der Waals surface area contributed by atoms with E-state index in [-0.39, 0.29) is 16.9 Å². The molecule has 174 valence electrons. The van der Waals surface area contributed by atoms with E-state index in [1.165, 1.54) is 14.2 Å². The van der Waals surface area contributed by atoms with E-state index < -0.39 is 11.4 Å². The van der Waals surface area contributed by atoms with Crippen molar-refractivity contribution in [1.82, 2.24) is 0 Å². The predicted molar refractivity (Wildman–Crippen MR) is 131 cm³/mol. The molecule has 4 aromatic rings. The first-order valence-electron chi connectivity index (χ1n) is 10.8. The molecule has 0 amide bonds. The lowest BCUT2D eigenvalue weighted by Gasteiger charge is -2.19. The molecule has 0 bridgehead atoms. The first-order valence-corrected chi connectivity index (χ1v) is 10.8. The highest BCUT2D eigenvalue weighted by atomic mass is 16.5. The lowest BCUT2D eigenvalue weighted by Crippen LogP contribution is -2.17. The van der Waals surface area contributed by atoms with E-state index in [4.69, 9.17) is 18.6 Å². The fraction of sp³-hybridized carbons (Fsp3) is 0.214. The van der Waals surface area contributed by atoms with Gasteiger partial charge in [0.1, 0.15) is 5.58 Å². The van der Waals surface area contributed by atoms with Gasteiger partial charge in [-0.25, -0.2) is 4.79 Å². The second kappa shape index (κ2) is 9.06. The molecule has 3 aromatic carbocycles. The zero-order valence-electron chi connectivity index (χ0n) is 19.8. The first-order chi connectivity index (χ1) is 16.2. The Hall–Kier alpha value is -4.06. The van der Waals surface area contributed by atoms with E-state index in [1.54, 1.807) is 54.6 Å². The Bertz CT molecular complexity index is 1410. The maximum absolute atomic E-state index is 13.4. The summed E-state index contributed by atoms with van der Waals surface area (Å²) in [6.07, 6.45) is 0. The molecule has 34 heavy (non-hydrogen) atoms. The molecule has 0 fully saturated rings. The van der Waals surface area contributed by atoms with Crippen LogP contribution in [0, 0.1) is 0 Å². The summed E-state index contributed by atoms with van der Waals surface area (Å²) in [6.45, 7) is 6.28. The summed E-state index contributed by atoms with van der Waals surface area (Å²) < 4.78 is 22.4. The Morgan fingerprint density at radius 1 is 0.853 bits per heavy atom. The number of para-hydroxylation sites is 1. The number of fused-ring (bicyclic) bond motifs is 1. The van der Waals surface area contributed by atoms with Gasteiger partial charge in [0, 0.05) is 5.56 Å². The van der Waals surface area contributed by atoms with Gasteiger partial charge in [-0.1, -0.05) is 45.0 Å². The molecular weight excluding hydrogens is 432 g/mol. The minimum atomic E-state index is -0.648. The second-order valence-corrected chi connectivity index (χ2v) is 8.87. The monoisotopic (exact) mass is 458 g/mol. The number of carbonyl (C=O) groups is 1. The highest BCUT2D eigenvalue weighted by Crippen LogP contribution is 2.37. The number of hydrogen-bond donors (Lipinski definition) is 0. The lowest BCUT2D eigenvalue weighted by atomic mass is 9.87. The smallest absolute Gasteiger partial charge is 0.343 e. The molecule has 0 aliphatic heterocycles. The SMILES string of the molecule is COc1ccc(-c2oc3ccccc3c(=O)c2OC(=O)c2ccc(C(C)(C)C)cc2)cc1OC. The summed E-state index contributed by atoms with van der Waals surface area (Å²) in [4.78, 5) is 26.4.